The predicted molar refractivity (Wildman–Crippen MR) is 164 cm³/mol. The van der Waals surface area contributed by atoms with Gasteiger partial charge in [-0.1, -0.05) is 64.5 Å². The van der Waals surface area contributed by atoms with Crippen LogP contribution in [0, 0.1) is 0 Å². The van der Waals surface area contributed by atoms with Gasteiger partial charge in [0.15, 0.2) is 11.5 Å². The molecule has 1 unspecified atom stereocenters. The second kappa shape index (κ2) is 14.9. The monoisotopic (exact) mass is 608 g/mol. The molecule has 214 valence electrons. The van der Waals surface area contributed by atoms with Crippen molar-refractivity contribution in [2.45, 2.75) is 72.0 Å². The second-order valence-corrected chi connectivity index (χ2v) is 11.7. The Balaban J connectivity index is 1.91. The molecule has 0 heterocycles. The highest BCUT2D eigenvalue weighted by atomic mass is 79.9. The molecule has 0 radical (unpaired) electrons. The summed E-state index contributed by atoms with van der Waals surface area (Å²) in [6, 6.07) is 22.8. The van der Waals surface area contributed by atoms with Crippen molar-refractivity contribution in [2.75, 3.05) is 13.2 Å². The first-order valence-electron chi connectivity index (χ1n) is 13.9. The van der Waals surface area contributed by atoms with Crippen molar-refractivity contribution in [3.8, 4) is 11.5 Å². The molecule has 3 rings (SSSR count). The number of hydrogen-bond donors (Lipinski definition) is 1. The van der Waals surface area contributed by atoms with E-state index in [4.69, 9.17) is 9.47 Å². The average Bonchev–Trinajstić information content (AvgIpc) is 2.91. The first kappa shape index (κ1) is 31.2. The van der Waals surface area contributed by atoms with Gasteiger partial charge in [-0.05, 0) is 82.0 Å². The van der Waals surface area contributed by atoms with Gasteiger partial charge < -0.3 is 19.7 Å². The van der Waals surface area contributed by atoms with Crippen LogP contribution in [0.25, 0.3) is 0 Å². The van der Waals surface area contributed by atoms with E-state index in [2.05, 4.69) is 21.2 Å². The van der Waals surface area contributed by atoms with Crippen LogP contribution in [-0.4, -0.2) is 41.5 Å². The Hall–Kier alpha value is -3.32. The molecular weight excluding hydrogens is 568 g/mol. The van der Waals surface area contributed by atoms with E-state index in [0.29, 0.717) is 44.1 Å². The largest absolute Gasteiger partial charge is 0.490 e. The average molecular weight is 610 g/mol. The summed E-state index contributed by atoms with van der Waals surface area (Å²) in [7, 11) is 0. The third kappa shape index (κ3) is 9.70. The lowest BCUT2D eigenvalue weighted by Gasteiger charge is -2.34. The fourth-order valence-electron chi connectivity index (χ4n) is 4.44. The molecule has 7 heteroatoms. The van der Waals surface area contributed by atoms with E-state index < -0.39 is 11.6 Å². The van der Waals surface area contributed by atoms with Crippen molar-refractivity contribution in [1.82, 2.24) is 10.2 Å². The molecule has 0 spiro atoms. The van der Waals surface area contributed by atoms with Crippen LogP contribution in [0.15, 0.2) is 77.3 Å². The number of carbonyl (C=O) groups is 2. The third-order valence-corrected chi connectivity index (χ3v) is 6.80. The Labute approximate surface area is 247 Å². The molecule has 40 heavy (non-hydrogen) atoms. The Morgan fingerprint density at radius 1 is 0.850 bits per heavy atom. The second-order valence-electron chi connectivity index (χ2n) is 10.7. The third-order valence-electron chi connectivity index (χ3n) is 6.27. The first-order chi connectivity index (χ1) is 19.1. The van der Waals surface area contributed by atoms with E-state index in [1.54, 1.807) is 4.90 Å². The van der Waals surface area contributed by atoms with Gasteiger partial charge in [0.25, 0.3) is 0 Å². The van der Waals surface area contributed by atoms with Gasteiger partial charge in [-0.2, -0.15) is 0 Å². The maximum absolute atomic E-state index is 14.0. The summed E-state index contributed by atoms with van der Waals surface area (Å²) in [5, 5.41) is 3.11. The molecule has 0 aliphatic rings. The van der Waals surface area contributed by atoms with E-state index in [9.17, 15) is 9.59 Å². The highest BCUT2D eigenvalue weighted by molar-refractivity contribution is 9.10. The summed E-state index contributed by atoms with van der Waals surface area (Å²) in [4.78, 5) is 29.4. The number of rotatable bonds is 13. The molecule has 1 N–H and O–H groups in total. The zero-order valence-corrected chi connectivity index (χ0v) is 25.8. The van der Waals surface area contributed by atoms with Crippen LogP contribution in [-0.2, 0) is 29.0 Å². The van der Waals surface area contributed by atoms with Crippen LogP contribution < -0.4 is 14.8 Å². The topological polar surface area (TPSA) is 67.9 Å². The molecule has 0 fully saturated rings. The van der Waals surface area contributed by atoms with Crippen molar-refractivity contribution >= 4 is 27.7 Å². The quantitative estimate of drug-likeness (QED) is 0.233. The number of halogens is 1. The normalized spacial score (nSPS) is 11.9. The fourth-order valence-corrected chi connectivity index (χ4v) is 4.70. The van der Waals surface area contributed by atoms with Crippen LogP contribution in [0.1, 0.15) is 57.7 Å². The Morgan fingerprint density at radius 2 is 1.48 bits per heavy atom. The van der Waals surface area contributed by atoms with Crippen LogP contribution >= 0.6 is 15.9 Å². The maximum Gasteiger partial charge on any atom is 0.243 e. The molecule has 0 aliphatic carbocycles. The van der Waals surface area contributed by atoms with Crippen molar-refractivity contribution in [1.29, 1.82) is 0 Å². The van der Waals surface area contributed by atoms with Gasteiger partial charge in [-0.15, -0.1) is 0 Å². The van der Waals surface area contributed by atoms with Crippen LogP contribution in [0.3, 0.4) is 0 Å². The summed E-state index contributed by atoms with van der Waals surface area (Å²) >= 11 is 3.49. The minimum absolute atomic E-state index is 0.0836. The SMILES string of the molecule is CCOc1ccc(CCC(=O)N(Cc2ccc(Br)cc2)C(Cc2ccccc2)C(=O)NC(C)(C)C)cc1OCC. The van der Waals surface area contributed by atoms with E-state index in [-0.39, 0.29) is 18.2 Å². The molecular formula is C33H41BrN2O4. The smallest absolute Gasteiger partial charge is 0.243 e. The summed E-state index contributed by atoms with van der Waals surface area (Å²) in [6.45, 7) is 11.1. The number of ether oxygens (including phenoxy) is 2. The highest BCUT2D eigenvalue weighted by Crippen LogP contribution is 2.29. The van der Waals surface area contributed by atoms with Crippen LogP contribution in [0.2, 0.25) is 0 Å². The summed E-state index contributed by atoms with van der Waals surface area (Å²) in [6.07, 6.45) is 1.19. The molecule has 0 aromatic heterocycles. The Bertz CT molecular complexity index is 1240. The minimum atomic E-state index is -0.669. The molecule has 2 amide bonds. The van der Waals surface area contributed by atoms with Gasteiger partial charge in [-0.3, -0.25) is 9.59 Å². The van der Waals surface area contributed by atoms with Gasteiger partial charge in [0.05, 0.1) is 13.2 Å². The fraction of sp³-hybridized carbons (Fsp3) is 0.394. The van der Waals surface area contributed by atoms with E-state index in [0.717, 1.165) is 21.2 Å². The first-order valence-corrected chi connectivity index (χ1v) is 14.7. The Kier molecular flexibility index (Phi) is 11.6. The van der Waals surface area contributed by atoms with E-state index in [1.807, 2.05) is 107 Å². The molecule has 0 bridgehead atoms. The van der Waals surface area contributed by atoms with Gasteiger partial charge in [-0.25, -0.2) is 0 Å². The van der Waals surface area contributed by atoms with Crippen LogP contribution in [0.4, 0.5) is 0 Å². The maximum atomic E-state index is 14.0. The van der Waals surface area contributed by atoms with E-state index in [1.165, 1.54) is 0 Å². The minimum Gasteiger partial charge on any atom is -0.490 e. The van der Waals surface area contributed by atoms with Crippen molar-refractivity contribution in [3.05, 3.63) is 94.0 Å². The Morgan fingerprint density at radius 3 is 2.10 bits per heavy atom. The molecule has 3 aromatic carbocycles. The van der Waals surface area contributed by atoms with Crippen LogP contribution in [0.5, 0.6) is 11.5 Å². The number of amides is 2. The van der Waals surface area contributed by atoms with Gasteiger partial charge in [0.1, 0.15) is 6.04 Å². The summed E-state index contributed by atoms with van der Waals surface area (Å²) < 4.78 is 12.4. The number of hydrogen-bond acceptors (Lipinski definition) is 4. The zero-order chi connectivity index (χ0) is 29.1. The van der Waals surface area contributed by atoms with Gasteiger partial charge in [0.2, 0.25) is 11.8 Å². The number of aryl methyl sites for hydroxylation is 1. The van der Waals surface area contributed by atoms with Crippen molar-refractivity contribution in [2.24, 2.45) is 0 Å². The number of nitrogens with zero attached hydrogens (tertiary/aromatic N) is 1. The lowest BCUT2D eigenvalue weighted by Crippen LogP contribution is -2.54. The molecule has 0 saturated carbocycles. The van der Waals surface area contributed by atoms with Gasteiger partial charge >= 0.3 is 0 Å². The van der Waals surface area contributed by atoms with Crippen molar-refractivity contribution < 1.29 is 19.1 Å². The van der Waals surface area contributed by atoms with Crippen molar-refractivity contribution in [3.63, 3.8) is 0 Å². The number of carbonyl (C=O) groups excluding carboxylic acids is 2. The molecule has 6 nitrogen and oxygen atoms in total. The molecule has 1 atom stereocenters. The zero-order valence-electron chi connectivity index (χ0n) is 24.2. The summed E-state index contributed by atoms with van der Waals surface area (Å²) in [5.74, 6) is 1.12. The lowest BCUT2D eigenvalue weighted by molar-refractivity contribution is -0.141. The molecule has 3 aromatic rings. The number of benzene rings is 3. The molecule has 0 saturated heterocycles. The number of nitrogens with one attached hydrogen (secondary N) is 1. The lowest BCUT2D eigenvalue weighted by atomic mass is 9.99. The standard InChI is InChI=1S/C33H41BrN2O4/c1-6-39-29-19-15-25(22-30(29)40-7-2)16-20-31(37)36(23-26-13-17-27(34)18-14-26)28(32(38)35-33(3,4)5)21-24-11-9-8-10-12-24/h8-15,17-19,22,28H,6-7,16,20-21,23H2,1-5H3,(H,35,38). The van der Waals surface area contributed by atoms with E-state index >= 15 is 0 Å². The summed E-state index contributed by atoms with van der Waals surface area (Å²) in [5.41, 5.74) is 2.49. The van der Waals surface area contributed by atoms with Gasteiger partial charge in [0, 0.05) is 29.4 Å². The molecule has 0 aliphatic heterocycles. The predicted octanol–water partition coefficient (Wildman–Crippen LogP) is 6.73. The highest BCUT2D eigenvalue weighted by Gasteiger charge is 2.32.